The van der Waals surface area contributed by atoms with E-state index >= 15 is 0 Å². The Hall–Kier alpha value is -2.62. The Kier molecular flexibility index (Phi) is 4.72. The van der Waals surface area contributed by atoms with Crippen LogP contribution >= 0.6 is 0 Å². The van der Waals surface area contributed by atoms with Gasteiger partial charge in [-0.25, -0.2) is 4.79 Å². The molecule has 0 unspecified atom stereocenters. The molecule has 0 atom stereocenters. The number of ether oxygens (including phenoxy) is 1. The van der Waals surface area contributed by atoms with Crippen molar-refractivity contribution < 1.29 is 14.6 Å². The van der Waals surface area contributed by atoms with E-state index in [-0.39, 0.29) is 5.57 Å². The van der Waals surface area contributed by atoms with Gasteiger partial charge in [0.1, 0.15) is 5.75 Å². The van der Waals surface area contributed by atoms with Crippen LogP contribution in [0.15, 0.2) is 42.7 Å². The molecule has 1 N–H and O–H groups in total. The van der Waals surface area contributed by atoms with Crippen LogP contribution in [0.4, 0.5) is 0 Å². The normalized spacial score (nSPS) is 11.2. The first-order chi connectivity index (χ1) is 10.1. The quantitative estimate of drug-likeness (QED) is 0.854. The topological polar surface area (TPSA) is 59.4 Å². The summed E-state index contributed by atoms with van der Waals surface area (Å²) in [5.41, 5.74) is 2.53. The number of pyridine rings is 1. The summed E-state index contributed by atoms with van der Waals surface area (Å²) in [5.74, 6) is -0.226. The van der Waals surface area contributed by atoms with Crippen molar-refractivity contribution in [2.45, 2.75) is 13.8 Å². The largest absolute Gasteiger partial charge is 0.494 e. The summed E-state index contributed by atoms with van der Waals surface area (Å²) in [4.78, 5) is 15.5. The van der Waals surface area contributed by atoms with E-state index in [0.29, 0.717) is 12.2 Å². The van der Waals surface area contributed by atoms with Gasteiger partial charge < -0.3 is 9.84 Å². The van der Waals surface area contributed by atoms with Crippen LogP contribution in [0.5, 0.6) is 5.75 Å². The van der Waals surface area contributed by atoms with Gasteiger partial charge in [-0.3, -0.25) is 4.98 Å². The summed E-state index contributed by atoms with van der Waals surface area (Å²) in [6, 6.07) is 9.00. The molecule has 108 valence electrons. The van der Waals surface area contributed by atoms with Gasteiger partial charge in [-0.15, -0.1) is 0 Å². The number of nitrogens with zero attached hydrogens (tertiary/aromatic N) is 1. The van der Waals surface area contributed by atoms with Gasteiger partial charge >= 0.3 is 5.97 Å². The minimum Gasteiger partial charge on any atom is -0.494 e. The molecule has 0 radical (unpaired) electrons. The Morgan fingerprint density at radius 2 is 2.19 bits per heavy atom. The Morgan fingerprint density at radius 3 is 2.76 bits per heavy atom. The molecule has 1 aromatic heterocycles. The highest BCUT2D eigenvalue weighted by molar-refractivity contribution is 6.21. The van der Waals surface area contributed by atoms with Crippen LogP contribution in [0.2, 0.25) is 0 Å². The fourth-order valence-electron chi connectivity index (χ4n) is 2.08. The average molecular weight is 283 g/mol. The van der Waals surface area contributed by atoms with Crippen molar-refractivity contribution in [1.29, 1.82) is 0 Å². The predicted octanol–water partition coefficient (Wildman–Crippen LogP) is 3.41. The number of aromatic nitrogens is 1. The van der Waals surface area contributed by atoms with E-state index in [1.54, 1.807) is 36.7 Å². The van der Waals surface area contributed by atoms with Crippen LogP contribution in [0, 0.1) is 6.92 Å². The maximum Gasteiger partial charge on any atom is 0.336 e. The van der Waals surface area contributed by atoms with Gasteiger partial charge in [-0.05, 0) is 54.8 Å². The van der Waals surface area contributed by atoms with Gasteiger partial charge in [0.05, 0.1) is 12.2 Å². The molecule has 0 spiro atoms. The van der Waals surface area contributed by atoms with Crippen molar-refractivity contribution in [3.63, 3.8) is 0 Å². The van der Waals surface area contributed by atoms with Crippen molar-refractivity contribution in [2.75, 3.05) is 6.61 Å². The first kappa shape index (κ1) is 14.8. The van der Waals surface area contributed by atoms with Gasteiger partial charge in [0, 0.05) is 12.4 Å². The molecule has 0 amide bonds. The third kappa shape index (κ3) is 3.69. The molecule has 21 heavy (non-hydrogen) atoms. The van der Waals surface area contributed by atoms with Gasteiger partial charge in [0.25, 0.3) is 0 Å². The second-order valence-electron chi connectivity index (χ2n) is 4.56. The molecule has 0 aliphatic heterocycles. The van der Waals surface area contributed by atoms with E-state index in [4.69, 9.17) is 4.74 Å². The zero-order valence-corrected chi connectivity index (χ0v) is 12.0. The lowest BCUT2D eigenvalue weighted by Gasteiger charge is -2.10. The number of carboxylic acids is 1. The summed E-state index contributed by atoms with van der Waals surface area (Å²) in [5, 5.41) is 9.47. The molecular weight excluding hydrogens is 266 g/mol. The highest BCUT2D eigenvalue weighted by Crippen LogP contribution is 2.25. The highest BCUT2D eigenvalue weighted by Gasteiger charge is 2.13. The molecule has 0 fully saturated rings. The van der Waals surface area contributed by atoms with Crippen LogP contribution in [-0.4, -0.2) is 22.7 Å². The van der Waals surface area contributed by atoms with Crippen molar-refractivity contribution >= 4 is 17.6 Å². The summed E-state index contributed by atoms with van der Waals surface area (Å²) >= 11 is 0. The van der Waals surface area contributed by atoms with Crippen LogP contribution in [0.3, 0.4) is 0 Å². The second-order valence-corrected chi connectivity index (χ2v) is 4.56. The van der Waals surface area contributed by atoms with E-state index in [1.165, 1.54) is 0 Å². The van der Waals surface area contributed by atoms with Crippen molar-refractivity contribution in [2.24, 2.45) is 0 Å². The molecule has 0 aliphatic rings. The standard InChI is InChI=1S/C17H17NO3/c1-3-21-14-6-7-15(12(2)9-14)16(17(19)20)10-13-5-4-8-18-11-13/h4-11H,3H2,1-2H3,(H,19,20)/b16-10-. The number of benzene rings is 1. The second kappa shape index (κ2) is 6.70. The first-order valence-electron chi connectivity index (χ1n) is 6.70. The van der Waals surface area contributed by atoms with Gasteiger partial charge in [0.2, 0.25) is 0 Å². The molecule has 0 saturated carbocycles. The third-order valence-electron chi connectivity index (χ3n) is 3.02. The van der Waals surface area contributed by atoms with E-state index in [1.807, 2.05) is 26.0 Å². The molecular formula is C17H17NO3. The fraction of sp³-hybridized carbons (Fsp3) is 0.176. The lowest BCUT2D eigenvalue weighted by Crippen LogP contribution is -2.02. The number of rotatable bonds is 5. The molecule has 4 nitrogen and oxygen atoms in total. The number of hydrogen-bond acceptors (Lipinski definition) is 3. The van der Waals surface area contributed by atoms with Gasteiger partial charge in [-0.1, -0.05) is 12.1 Å². The molecule has 2 aromatic rings. The van der Waals surface area contributed by atoms with E-state index in [9.17, 15) is 9.90 Å². The molecule has 1 heterocycles. The van der Waals surface area contributed by atoms with Crippen LogP contribution < -0.4 is 4.74 Å². The van der Waals surface area contributed by atoms with Crippen molar-refractivity contribution in [1.82, 2.24) is 4.98 Å². The maximum absolute atomic E-state index is 11.5. The highest BCUT2D eigenvalue weighted by atomic mass is 16.5. The first-order valence-corrected chi connectivity index (χ1v) is 6.70. The smallest absolute Gasteiger partial charge is 0.336 e. The Morgan fingerprint density at radius 1 is 1.38 bits per heavy atom. The van der Waals surface area contributed by atoms with E-state index in [0.717, 1.165) is 16.9 Å². The zero-order valence-electron chi connectivity index (χ0n) is 12.0. The minimum atomic E-state index is -0.967. The van der Waals surface area contributed by atoms with Crippen molar-refractivity contribution in [3.8, 4) is 5.75 Å². The number of aliphatic carboxylic acids is 1. The lowest BCUT2D eigenvalue weighted by atomic mass is 9.98. The Balaban J connectivity index is 2.44. The van der Waals surface area contributed by atoms with Gasteiger partial charge in [0.15, 0.2) is 0 Å². The number of hydrogen-bond donors (Lipinski definition) is 1. The monoisotopic (exact) mass is 283 g/mol. The zero-order chi connectivity index (χ0) is 15.2. The summed E-state index contributed by atoms with van der Waals surface area (Å²) in [6.07, 6.45) is 4.91. The van der Waals surface area contributed by atoms with Crippen molar-refractivity contribution in [3.05, 3.63) is 59.4 Å². The summed E-state index contributed by atoms with van der Waals surface area (Å²) in [7, 11) is 0. The molecule has 4 heteroatoms. The van der Waals surface area contributed by atoms with Crippen LogP contribution in [0.1, 0.15) is 23.6 Å². The van der Waals surface area contributed by atoms with Crippen LogP contribution in [-0.2, 0) is 4.79 Å². The van der Waals surface area contributed by atoms with Gasteiger partial charge in [-0.2, -0.15) is 0 Å². The fourth-order valence-corrected chi connectivity index (χ4v) is 2.08. The number of carboxylic acid groups (broad SMARTS) is 1. The predicted molar refractivity (Wildman–Crippen MR) is 82.1 cm³/mol. The SMILES string of the molecule is CCOc1ccc(/C(=C/c2cccnc2)C(=O)O)c(C)c1. The van der Waals surface area contributed by atoms with E-state index in [2.05, 4.69) is 4.98 Å². The third-order valence-corrected chi connectivity index (χ3v) is 3.02. The summed E-state index contributed by atoms with van der Waals surface area (Å²) < 4.78 is 5.42. The van der Waals surface area contributed by atoms with E-state index < -0.39 is 5.97 Å². The molecule has 1 aromatic carbocycles. The van der Waals surface area contributed by atoms with Crippen LogP contribution in [0.25, 0.3) is 11.6 Å². The average Bonchev–Trinajstić information content (AvgIpc) is 2.47. The Bertz CT molecular complexity index is 663. The number of aryl methyl sites for hydroxylation is 1. The lowest BCUT2D eigenvalue weighted by molar-refractivity contribution is -0.130. The molecule has 0 bridgehead atoms. The molecule has 0 aliphatic carbocycles. The number of carbonyl (C=O) groups is 1. The minimum absolute atomic E-state index is 0.239. The molecule has 0 saturated heterocycles. The molecule has 2 rings (SSSR count). The Labute approximate surface area is 123 Å². The maximum atomic E-state index is 11.5. The summed E-state index contributed by atoms with van der Waals surface area (Å²) in [6.45, 7) is 4.36.